The molecule has 3 heterocycles. The topological polar surface area (TPSA) is 71.9 Å². The van der Waals surface area contributed by atoms with Gasteiger partial charge in [0, 0.05) is 44.5 Å². The Hall–Kier alpha value is -2.44. The van der Waals surface area contributed by atoms with Gasteiger partial charge < -0.3 is 14.6 Å². The average molecular weight is 382 g/mol. The van der Waals surface area contributed by atoms with E-state index in [0.717, 1.165) is 42.9 Å². The van der Waals surface area contributed by atoms with Crippen molar-refractivity contribution < 1.29 is 19.4 Å². The largest absolute Gasteiger partial charge is 0.487 e. The number of carboxylic acids is 1. The van der Waals surface area contributed by atoms with Gasteiger partial charge in [-0.25, -0.2) is 0 Å². The molecule has 0 saturated carbocycles. The molecule has 148 valence electrons. The number of rotatable bonds is 6. The van der Waals surface area contributed by atoms with E-state index in [9.17, 15) is 9.90 Å². The molecule has 4 rings (SSSR count). The highest BCUT2D eigenvalue weighted by molar-refractivity contribution is 5.72. The monoisotopic (exact) mass is 382 g/mol. The van der Waals surface area contributed by atoms with Crippen molar-refractivity contribution in [2.24, 2.45) is 11.3 Å². The second-order valence-electron chi connectivity index (χ2n) is 7.79. The molecule has 1 aromatic carbocycles. The van der Waals surface area contributed by atoms with Crippen LogP contribution in [0.3, 0.4) is 0 Å². The summed E-state index contributed by atoms with van der Waals surface area (Å²) in [5.74, 6) is -0.199. The Morgan fingerprint density at radius 1 is 1.25 bits per heavy atom. The lowest BCUT2D eigenvalue weighted by atomic mass is 9.72. The van der Waals surface area contributed by atoms with Crippen molar-refractivity contribution in [3.8, 4) is 5.75 Å². The van der Waals surface area contributed by atoms with Crippen LogP contribution < -0.4 is 4.74 Å². The lowest BCUT2D eigenvalue weighted by Crippen LogP contribution is -2.40. The normalized spacial score (nSPS) is 21.6. The van der Waals surface area contributed by atoms with Gasteiger partial charge in [0.05, 0.1) is 11.6 Å². The molecule has 1 spiro atoms. The number of hydrogen-bond acceptors (Lipinski definition) is 5. The highest BCUT2D eigenvalue weighted by atomic mass is 16.5. The Morgan fingerprint density at radius 3 is 2.86 bits per heavy atom. The zero-order valence-corrected chi connectivity index (χ0v) is 15.9. The first-order valence-electron chi connectivity index (χ1n) is 9.79. The van der Waals surface area contributed by atoms with E-state index in [0.29, 0.717) is 26.4 Å². The van der Waals surface area contributed by atoms with Crippen LogP contribution in [0.15, 0.2) is 48.7 Å². The minimum atomic E-state index is -0.683. The maximum Gasteiger partial charge on any atom is 0.308 e. The summed E-state index contributed by atoms with van der Waals surface area (Å²) in [5.41, 5.74) is 1.86. The Bertz CT molecular complexity index is 805. The Kier molecular flexibility index (Phi) is 5.59. The summed E-state index contributed by atoms with van der Waals surface area (Å²) in [4.78, 5) is 18.4. The Morgan fingerprint density at radius 2 is 2.11 bits per heavy atom. The van der Waals surface area contributed by atoms with Crippen LogP contribution in [0.5, 0.6) is 5.75 Å². The van der Waals surface area contributed by atoms with Crippen molar-refractivity contribution in [1.29, 1.82) is 0 Å². The third-order valence-electron chi connectivity index (χ3n) is 5.92. The van der Waals surface area contributed by atoms with Gasteiger partial charge in [-0.2, -0.15) is 0 Å². The van der Waals surface area contributed by atoms with E-state index in [-0.39, 0.29) is 11.3 Å². The number of aliphatic carboxylic acids is 1. The van der Waals surface area contributed by atoms with E-state index < -0.39 is 5.97 Å². The summed E-state index contributed by atoms with van der Waals surface area (Å²) in [5, 5.41) is 9.74. The SMILES string of the molecule is O=C(O)C1CN(Cc2cccc(OCc3ccccn3)c2)CC12CCOCC2. The molecule has 28 heavy (non-hydrogen) atoms. The van der Waals surface area contributed by atoms with Gasteiger partial charge in [-0.05, 0) is 42.7 Å². The molecule has 1 N–H and O–H groups in total. The van der Waals surface area contributed by atoms with Gasteiger partial charge >= 0.3 is 5.97 Å². The number of aromatic nitrogens is 1. The van der Waals surface area contributed by atoms with Crippen molar-refractivity contribution in [1.82, 2.24) is 9.88 Å². The van der Waals surface area contributed by atoms with Gasteiger partial charge in [-0.3, -0.25) is 14.7 Å². The molecule has 6 heteroatoms. The fraction of sp³-hybridized carbons (Fsp3) is 0.455. The first kappa shape index (κ1) is 18.9. The molecular weight excluding hydrogens is 356 g/mol. The van der Waals surface area contributed by atoms with Gasteiger partial charge in [-0.15, -0.1) is 0 Å². The van der Waals surface area contributed by atoms with E-state index in [2.05, 4.69) is 16.0 Å². The molecule has 2 saturated heterocycles. The average Bonchev–Trinajstić information content (AvgIpc) is 3.05. The molecule has 2 aromatic rings. The number of carboxylic acid groups (broad SMARTS) is 1. The number of carbonyl (C=O) groups is 1. The summed E-state index contributed by atoms with van der Waals surface area (Å²) in [6.45, 7) is 3.88. The van der Waals surface area contributed by atoms with Crippen molar-refractivity contribution in [3.63, 3.8) is 0 Å². The van der Waals surface area contributed by atoms with E-state index >= 15 is 0 Å². The van der Waals surface area contributed by atoms with E-state index in [4.69, 9.17) is 9.47 Å². The minimum absolute atomic E-state index is 0.156. The quantitative estimate of drug-likeness (QED) is 0.828. The summed E-state index contributed by atoms with van der Waals surface area (Å²) in [7, 11) is 0. The van der Waals surface area contributed by atoms with Gasteiger partial charge in [0.25, 0.3) is 0 Å². The Balaban J connectivity index is 1.41. The number of ether oxygens (including phenoxy) is 2. The predicted molar refractivity (Wildman–Crippen MR) is 104 cm³/mol. The smallest absolute Gasteiger partial charge is 0.308 e. The number of hydrogen-bond donors (Lipinski definition) is 1. The van der Waals surface area contributed by atoms with E-state index in [1.54, 1.807) is 6.20 Å². The third-order valence-corrected chi connectivity index (χ3v) is 5.92. The molecule has 2 aliphatic rings. The summed E-state index contributed by atoms with van der Waals surface area (Å²) in [6, 6.07) is 13.8. The van der Waals surface area contributed by atoms with Crippen LogP contribution in [0.4, 0.5) is 0 Å². The second-order valence-corrected chi connectivity index (χ2v) is 7.79. The van der Waals surface area contributed by atoms with Gasteiger partial charge in [0.15, 0.2) is 0 Å². The van der Waals surface area contributed by atoms with Crippen LogP contribution in [0.2, 0.25) is 0 Å². The maximum atomic E-state index is 11.9. The zero-order valence-electron chi connectivity index (χ0n) is 15.9. The van der Waals surface area contributed by atoms with Crippen LogP contribution >= 0.6 is 0 Å². The summed E-state index contributed by atoms with van der Waals surface area (Å²) < 4.78 is 11.4. The van der Waals surface area contributed by atoms with Gasteiger partial charge in [0.2, 0.25) is 0 Å². The number of pyridine rings is 1. The zero-order chi connectivity index (χ0) is 19.4. The van der Waals surface area contributed by atoms with Crippen LogP contribution in [0, 0.1) is 11.3 Å². The van der Waals surface area contributed by atoms with Crippen molar-refractivity contribution in [3.05, 3.63) is 59.9 Å². The minimum Gasteiger partial charge on any atom is -0.487 e. The molecule has 0 aliphatic carbocycles. The predicted octanol–water partition coefficient (Wildman–Crippen LogP) is 2.97. The molecule has 0 amide bonds. The molecule has 0 bridgehead atoms. The number of nitrogens with zero attached hydrogens (tertiary/aromatic N) is 2. The molecule has 2 fully saturated rings. The Labute approximate surface area is 165 Å². The molecule has 0 radical (unpaired) electrons. The molecular formula is C22H26N2O4. The molecule has 1 aromatic heterocycles. The van der Waals surface area contributed by atoms with Crippen molar-refractivity contribution in [2.45, 2.75) is 26.0 Å². The molecule has 2 aliphatic heterocycles. The van der Waals surface area contributed by atoms with Gasteiger partial charge in [0.1, 0.15) is 12.4 Å². The standard InChI is InChI=1S/C22H26N2O4/c25-21(26)20-14-24(16-22(20)7-10-27-11-8-22)13-17-4-3-6-19(12-17)28-15-18-5-1-2-9-23-18/h1-6,9,12,20H,7-8,10-11,13-16H2,(H,25,26). The molecule has 1 unspecified atom stereocenters. The molecule has 6 nitrogen and oxygen atoms in total. The highest BCUT2D eigenvalue weighted by Crippen LogP contribution is 2.44. The van der Waals surface area contributed by atoms with Crippen LogP contribution in [-0.2, 0) is 22.7 Å². The molecule has 1 atom stereocenters. The lowest BCUT2D eigenvalue weighted by Gasteiger charge is -2.36. The number of likely N-dealkylation sites (tertiary alicyclic amines) is 1. The van der Waals surface area contributed by atoms with Crippen molar-refractivity contribution >= 4 is 5.97 Å². The fourth-order valence-electron chi connectivity index (χ4n) is 4.45. The summed E-state index contributed by atoms with van der Waals surface area (Å²) >= 11 is 0. The second kappa shape index (κ2) is 8.29. The number of benzene rings is 1. The maximum absolute atomic E-state index is 11.9. The third kappa shape index (κ3) is 4.18. The van der Waals surface area contributed by atoms with E-state index in [1.807, 2.05) is 36.4 Å². The highest BCUT2D eigenvalue weighted by Gasteiger charge is 2.50. The van der Waals surface area contributed by atoms with Crippen LogP contribution in [-0.4, -0.2) is 47.3 Å². The van der Waals surface area contributed by atoms with Crippen LogP contribution in [0.1, 0.15) is 24.1 Å². The lowest BCUT2D eigenvalue weighted by molar-refractivity contribution is -0.147. The van der Waals surface area contributed by atoms with Crippen LogP contribution in [0.25, 0.3) is 0 Å². The fourth-order valence-corrected chi connectivity index (χ4v) is 4.45. The first-order chi connectivity index (χ1) is 13.6. The van der Waals surface area contributed by atoms with Crippen molar-refractivity contribution in [2.75, 3.05) is 26.3 Å². The first-order valence-corrected chi connectivity index (χ1v) is 9.79. The van der Waals surface area contributed by atoms with E-state index in [1.165, 1.54) is 0 Å². The van der Waals surface area contributed by atoms with Gasteiger partial charge in [-0.1, -0.05) is 18.2 Å². The summed E-state index contributed by atoms with van der Waals surface area (Å²) in [6.07, 6.45) is 3.41.